The van der Waals surface area contributed by atoms with E-state index in [0.29, 0.717) is 144 Å². The number of hydrogen-bond acceptors (Lipinski definition) is 11. The Hall–Kier alpha value is -1.54. The summed E-state index contributed by atoms with van der Waals surface area (Å²) in [4.78, 5) is 0. The monoisotopic (exact) mass is 532 g/mol. The molecule has 1 aliphatic heterocycles. The molecule has 0 N–H and O–H groups in total. The van der Waals surface area contributed by atoms with Crippen LogP contribution in [0.25, 0.3) is 0 Å². The normalized spacial score (nSPS) is 21.5. The molecule has 0 amide bonds. The average molecular weight is 533 g/mol. The molecule has 2 rings (SSSR count). The molecule has 1 aromatic rings. The molecule has 0 unspecified atom stereocenters. The predicted octanol–water partition coefficient (Wildman–Crippen LogP) is 1.61. The minimum absolute atomic E-state index is 0.416. The molecule has 37 heavy (non-hydrogen) atoms. The maximum Gasteiger partial charge on any atom is 0.161 e. The van der Waals surface area contributed by atoms with Crippen LogP contribution in [0.2, 0.25) is 0 Å². The van der Waals surface area contributed by atoms with Crippen molar-refractivity contribution in [3.63, 3.8) is 0 Å². The van der Waals surface area contributed by atoms with Gasteiger partial charge in [0.15, 0.2) is 11.5 Å². The van der Waals surface area contributed by atoms with E-state index in [1.807, 2.05) is 24.3 Å². The zero-order chi connectivity index (χ0) is 25.9. The highest BCUT2D eigenvalue weighted by atomic mass is 16.6. The molecule has 0 radical (unpaired) electrons. The maximum atomic E-state index is 5.79. The summed E-state index contributed by atoms with van der Waals surface area (Å²) in [5.41, 5.74) is 0. The van der Waals surface area contributed by atoms with Crippen LogP contribution in [0, 0.1) is 0 Å². The fourth-order valence-corrected chi connectivity index (χ4v) is 2.97. The Kier molecular flexibility index (Phi) is 21.2. The van der Waals surface area contributed by atoms with Crippen LogP contribution in [-0.2, 0) is 42.6 Å². The molecule has 11 heteroatoms. The molecule has 0 fully saturated rings. The van der Waals surface area contributed by atoms with Gasteiger partial charge in [-0.25, -0.2) is 0 Å². The first-order valence-corrected chi connectivity index (χ1v) is 13.0. The fraction of sp³-hybridized carbons (Fsp3) is 0.769. The van der Waals surface area contributed by atoms with Gasteiger partial charge in [-0.3, -0.25) is 0 Å². The Morgan fingerprint density at radius 1 is 0.270 bits per heavy atom. The summed E-state index contributed by atoms with van der Waals surface area (Å²) in [7, 11) is 0. The first-order valence-electron chi connectivity index (χ1n) is 13.0. The Labute approximate surface area is 220 Å². The largest absolute Gasteiger partial charge is 0.487 e. The van der Waals surface area contributed by atoms with Gasteiger partial charge in [0.25, 0.3) is 0 Å². The van der Waals surface area contributed by atoms with Crippen LogP contribution in [0.3, 0.4) is 0 Å². The predicted molar refractivity (Wildman–Crippen MR) is 135 cm³/mol. The second kappa shape index (κ2) is 24.8. The van der Waals surface area contributed by atoms with Crippen LogP contribution in [0.4, 0.5) is 0 Å². The van der Waals surface area contributed by atoms with Crippen molar-refractivity contribution in [2.45, 2.75) is 0 Å². The topological polar surface area (TPSA) is 102 Å². The van der Waals surface area contributed by atoms with Crippen molar-refractivity contribution in [3.05, 3.63) is 24.3 Å². The Morgan fingerprint density at radius 2 is 0.459 bits per heavy atom. The van der Waals surface area contributed by atoms with Crippen molar-refractivity contribution in [1.82, 2.24) is 0 Å². The van der Waals surface area contributed by atoms with Crippen LogP contribution in [0.5, 0.6) is 11.5 Å². The second-order valence-electron chi connectivity index (χ2n) is 7.66. The molecule has 0 spiro atoms. The standard InChI is InChI=1S/C26H44O11/c1-2-4-26-25(3-1)36-23-21-34-19-17-32-15-13-30-11-9-28-7-5-27-6-8-29-10-12-31-14-16-33-18-20-35-22-24-37-26/h1-4H,5-24H2. The highest BCUT2D eigenvalue weighted by molar-refractivity contribution is 5.39. The summed E-state index contributed by atoms with van der Waals surface area (Å²) in [6.07, 6.45) is 0. The van der Waals surface area contributed by atoms with Gasteiger partial charge in [-0.2, -0.15) is 0 Å². The SMILES string of the molecule is c1ccc2c(c1)OCCOCCOCCOCCOCCOCCOCCOCCOCCOCCO2. The van der Waals surface area contributed by atoms with E-state index in [-0.39, 0.29) is 0 Å². The van der Waals surface area contributed by atoms with E-state index in [4.69, 9.17) is 52.1 Å². The fourth-order valence-electron chi connectivity index (χ4n) is 2.97. The minimum atomic E-state index is 0.416. The van der Waals surface area contributed by atoms with Gasteiger partial charge in [-0.1, -0.05) is 12.1 Å². The first-order chi connectivity index (χ1) is 18.5. The van der Waals surface area contributed by atoms with Crippen molar-refractivity contribution < 1.29 is 52.1 Å². The van der Waals surface area contributed by atoms with Gasteiger partial charge in [0.1, 0.15) is 13.2 Å². The van der Waals surface area contributed by atoms with E-state index >= 15 is 0 Å². The second-order valence-corrected chi connectivity index (χ2v) is 7.66. The van der Waals surface area contributed by atoms with Crippen LogP contribution in [-0.4, -0.2) is 132 Å². The molecule has 1 aliphatic rings. The lowest BCUT2D eigenvalue weighted by molar-refractivity contribution is -0.0255. The lowest BCUT2D eigenvalue weighted by Crippen LogP contribution is -2.15. The van der Waals surface area contributed by atoms with Gasteiger partial charge < -0.3 is 52.1 Å². The molecule has 0 atom stereocenters. The van der Waals surface area contributed by atoms with Gasteiger partial charge in [-0.15, -0.1) is 0 Å². The lowest BCUT2D eigenvalue weighted by atomic mass is 10.3. The molecule has 214 valence electrons. The van der Waals surface area contributed by atoms with Gasteiger partial charge in [0, 0.05) is 0 Å². The third-order valence-electron chi connectivity index (χ3n) is 4.80. The molecule has 0 bridgehead atoms. The first kappa shape index (κ1) is 31.7. The third-order valence-corrected chi connectivity index (χ3v) is 4.80. The van der Waals surface area contributed by atoms with Crippen LogP contribution < -0.4 is 9.47 Å². The summed E-state index contributed by atoms with van der Waals surface area (Å²) in [5.74, 6) is 1.35. The summed E-state index contributed by atoms with van der Waals surface area (Å²) < 4.78 is 61.0. The van der Waals surface area contributed by atoms with E-state index in [1.54, 1.807) is 0 Å². The lowest BCUT2D eigenvalue weighted by Gasteiger charge is -2.13. The molecule has 0 saturated heterocycles. The number of rotatable bonds is 0. The highest BCUT2D eigenvalue weighted by Gasteiger charge is 2.04. The quantitative estimate of drug-likeness (QED) is 0.487. The molecule has 1 aromatic carbocycles. The zero-order valence-electron chi connectivity index (χ0n) is 21.9. The van der Waals surface area contributed by atoms with Gasteiger partial charge in [-0.05, 0) is 12.1 Å². The smallest absolute Gasteiger partial charge is 0.161 e. The van der Waals surface area contributed by atoms with Crippen molar-refractivity contribution in [3.8, 4) is 11.5 Å². The number of benzene rings is 1. The number of para-hydroxylation sites is 2. The van der Waals surface area contributed by atoms with Crippen molar-refractivity contribution >= 4 is 0 Å². The molecule has 11 nitrogen and oxygen atoms in total. The van der Waals surface area contributed by atoms with Gasteiger partial charge >= 0.3 is 0 Å². The highest BCUT2D eigenvalue weighted by Crippen LogP contribution is 2.26. The Morgan fingerprint density at radius 3 is 0.676 bits per heavy atom. The Bertz CT molecular complexity index is 569. The van der Waals surface area contributed by atoms with Gasteiger partial charge in [0.2, 0.25) is 0 Å². The van der Waals surface area contributed by atoms with Crippen LogP contribution in [0.15, 0.2) is 24.3 Å². The summed E-state index contributed by atoms with van der Waals surface area (Å²) >= 11 is 0. The number of fused-ring (bicyclic) bond motifs is 1. The minimum Gasteiger partial charge on any atom is -0.487 e. The van der Waals surface area contributed by atoms with Crippen LogP contribution >= 0.6 is 0 Å². The molecule has 0 aromatic heterocycles. The van der Waals surface area contributed by atoms with E-state index in [0.717, 1.165) is 0 Å². The molecular weight excluding hydrogens is 488 g/mol. The van der Waals surface area contributed by atoms with Crippen LogP contribution in [0.1, 0.15) is 0 Å². The van der Waals surface area contributed by atoms with E-state index in [1.165, 1.54) is 0 Å². The maximum absolute atomic E-state index is 5.79. The number of ether oxygens (including phenoxy) is 11. The Balaban J connectivity index is 1.59. The van der Waals surface area contributed by atoms with E-state index in [2.05, 4.69) is 0 Å². The van der Waals surface area contributed by atoms with Crippen molar-refractivity contribution in [2.24, 2.45) is 0 Å². The zero-order valence-corrected chi connectivity index (χ0v) is 21.9. The average Bonchev–Trinajstić information content (AvgIpc) is 2.92. The molecule has 0 aliphatic carbocycles. The molecular formula is C26H44O11. The van der Waals surface area contributed by atoms with E-state index in [9.17, 15) is 0 Å². The number of hydrogen-bond donors (Lipinski definition) is 0. The summed E-state index contributed by atoms with van der Waals surface area (Å²) in [6.45, 7) is 9.92. The van der Waals surface area contributed by atoms with E-state index < -0.39 is 0 Å². The molecule has 0 saturated carbocycles. The summed E-state index contributed by atoms with van der Waals surface area (Å²) in [6, 6.07) is 7.54. The van der Waals surface area contributed by atoms with Crippen molar-refractivity contribution in [2.75, 3.05) is 132 Å². The third kappa shape index (κ3) is 19.2. The molecule has 1 heterocycles. The summed E-state index contributed by atoms with van der Waals surface area (Å²) in [5, 5.41) is 0. The van der Waals surface area contributed by atoms with Gasteiger partial charge in [0.05, 0.1) is 119 Å². The van der Waals surface area contributed by atoms with Crippen molar-refractivity contribution in [1.29, 1.82) is 0 Å².